The van der Waals surface area contributed by atoms with Gasteiger partial charge in [-0.3, -0.25) is 4.90 Å². The fraction of sp³-hybridized carbons (Fsp3) is 0.667. The maximum absolute atomic E-state index is 12.6. The van der Waals surface area contributed by atoms with E-state index in [0.717, 1.165) is 51.5 Å². The van der Waals surface area contributed by atoms with Crippen LogP contribution in [0.15, 0.2) is 30.3 Å². The van der Waals surface area contributed by atoms with Crippen LogP contribution < -0.4 is 5.32 Å². The molecule has 2 amide bonds. The molecule has 1 N–H and O–H groups in total. The molecule has 1 aromatic rings. The van der Waals surface area contributed by atoms with Crippen LogP contribution in [0.3, 0.4) is 0 Å². The van der Waals surface area contributed by atoms with Gasteiger partial charge in [0.05, 0.1) is 0 Å². The molecule has 1 heterocycles. The minimum atomic E-state index is 0.133. The molecule has 1 atom stereocenters. The summed E-state index contributed by atoms with van der Waals surface area (Å²) in [6.07, 6.45) is 5.94. The van der Waals surface area contributed by atoms with Gasteiger partial charge in [-0.25, -0.2) is 4.79 Å². The number of hydrogen-bond donors (Lipinski definition) is 1. The molecule has 0 aromatic heterocycles. The zero-order valence-electron chi connectivity index (χ0n) is 15.8. The number of carbonyl (C=O) groups excluding carboxylic acids is 1. The van der Waals surface area contributed by atoms with Gasteiger partial charge < -0.3 is 10.2 Å². The van der Waals surface area contributed by atoms with Crippen molar-refractivity contribution in [3.8, 4) is 0 Å². The van der Waals surface area contributed by atoms with Gasteiger partial charge in [0.15, 0.2) is 0 Å². The number of piperazine rings is 1. The Bertz CT molecular complexity index is 541. The summed E-state index contributed by atoms with van der Waals surface area (Å²) in [5, 5.41) is 3.15. The van der Waals surface area contributed by atoms with Crippen LogP contribution in [0.5, 0.6) is 0 Å². The first-order valence-corrected chi connectivity index (χ1v) is 9.97. The molecule has 0 radical (unpaired) electrons. The van der Waals surface area contributed by atoms with Crippen molar-refractivity contribution in [2.45, 2.75) is 58.0 Å². The van der Waals surface area contributed by atoms with Gasteiger partial charge >= 0.3 is 6.03 Å². The van der Waals surface area contributed by atoms with Gasteiger partial charge in [0, 0.05) is 38.3 Å². The van der Waals surface area contributed by atoms with Gasteiger partial charge in [0.1, 0.15) is 0 Å². The molecule has 0 spiro atoms. The number of benzene rings is 1. The van der Waals surface area contributed by atoms with Crippen molar-refractivity contribution in [1.29, 1.82) is 0 Å². The summed E-state index contributed by atoms with van der Waals surface area (Å²) < 4.78 is 0. The Balaban J connectivity index is 1.39. The minimum absolute atomic E-state index is 0.133. The molecule has 1 saturated carbocycles. The van der Waals surface area contributed by atoms with Crippen LogP contribution in [0.2, 0.25) is 0 Å². The third-order valence-corrected chi connectivity index (χ3v) is 5.55. The zero-order chi connectivity index (χ0) is 17.6. The number of amides is 2. The Kier molecular flexibility index (Phi) is 6.35. The highest BCUT2D eigenvalue weighted by molar-refractivity contribution is 5.74. The standard InChI is InChI=1S/C21H33N3O/c1-17(2)20-16-23(19-11-12-19)14-15-24(20)21(25)22-13-7-6-10-18-8-4-3-5-9-18/h3-5,8-9,17,19-20H,6-7,10-16H2,1-2H3,(H,22,25)/t20-/m0/s1. The van der Waals surface area contributed by atoms with E-state index in [-0.39, 0.29) is 6.03 Å². The molecule has 3 rings (SSSR count). The number of urea groups is 1. The van der Waals surface area contributed by atoms with Gasteiger partial charge in [0.25, 0.3) is 0 Å². The topological polar surface area (TPSA) is 35.6 Å². The number of nitrogens with one attached hydrogen (secondary N) is 1. The third-order valence-electron chi connectivity index (χ3n) is 5.55. The summed E-state index contributed by atoms with van der Waals surface area (Å²) in [5.41, 5.74) is 1.38. The lowest BCUT2D eigenvalue weighted by Crippen LogP contribution is -2.59. The van der Waals surface area contributed by atoms with E-state index in [0.29, 0.717) is 12.0 Å². The van der Waals surface area contributed by atoms with Crippen molar-refractivity contribution < 1.29 is 4.79 Å². The molecular formula is C21H33N3O. The average molecular weight is 344 g/mol. The molecule has 4 nitrogen and oxygen atoms in total. The van der Waals surface area contributed by atoms with E-state index in [1.807, 2.05) is 0 Å². The molecule has 0 bridgehead atoms. The fourth-order valence-electron chi connectivity index (χ4n) is 3.82. The molecule has 138 valence electrons. The summed E-state index contributed by atoms with van der Waals surface area (Å²) in [6, 6.07) is 11.8. The Morgan fingerprint density at radius 1 is 1.16 bits per heavy atom. The van der Waals surface area contributed by atoms with E-state index in [1.54, 1.807) is 0 Å². The SMILES string of the molecule is CC(C)[C@@H]1CN(C2CC2)CCN1C(=O)NCCCCc1ccccc1. The first kappa shape index (κ1) is 18.2. The van der Waals surface area contributed by atoms with E-state index in [9.17, 15) is 4.79 Å². The van der Waals surface area contributed by atoms with Crippen molar-refractivity contribution in [1.82, 2.24) is 15.1 Å². The lowest BCUT2D eigenvalue weighted by Gasteiger charge is -2.43. The second-order valence-electron chi connectivity index (χ2n) is 7.91. The van der Waals surface area contributed by atoms with Crippen LogP contribution in [0.1, 0.15) is 45.1 Å². The van der Waals surface area contributed by atoms with Crippen LogP contribution in [-0.2, 0) is 6.42 Å². The molecule has 25 heavy (non-hydrogen) atoms. The first-order chi connectivity index (χ1) is 12.1. The summed E-state index contributed by atoms with van der Waals surface area (Å²) in [6.45, 7) is 8.20. The Hall–Kier alpha value is -1.55. The van der Waals surface area contributed by atoms with Crippen LogP contribution >= 0.6 is 0 Å². The lowest BCUT2D eigenvalue weighted by molar-refractivity contribution is 0.0681. The second kappa shape index (κ2) is 8.70. The van der Waals surface area contributed by atoms with Gasteiger partial charge in [0.2, 0.25) is 0 Å². The molecule has 0 unspecified atom stereocenters. The maximum atomic E-state index is 12.6. The molecule has 1 aromatic carbocycles. The van der Waals surface area contributed by atoms with Crippen molar-refractivity contribution in [2.75, 3.05) is 26.2 Å². The van der Waals surface area contributed by atoms with Crippen LogP contribution in [0, 0.1) is 5.92 Å². The summed E-state index contributed by atoms with van der Waals surface area (Å²) in [5.74, 6) is 0.505. The van der Waals surface area contributed by atoms with E-state index in [2.05, 4.69) is 59.3 Å². The second-order valence-corrected chi connectivity index (χ2v) is 7.91. The highest BCUT2D eigenvalue weighted by atomic mass is 16.2. The summed E-state index contributed by atoms with van der Waals surface area (Å²) in [4.78, 5) is 17.3. The van der Waals surface area contributed by atoms with Gasteiger partial charge in [-0.15, -0.1) is 0 Å². The quantitative estimate of drug-likeness (QED) is 0.769. The van der Waals surface area contributed by atoms with Crippen molar-refractivity contribution >= 4 is 6.03 Å². The smallest absolute Gasteiger partial charge is 0.317 e. The number of unbranched alkanes of at least 4 members (excludes halogenated alkanes) is 1. The maximum Gasteiger partial charge on any atom is 0.317 e. The number of carbonyl (C=O) groups is 1. The van der Waals surface area contributed by atoms with E-state index in [4.69, 9.17) is 0 Å². The van der Waals surface area contributed by atoms with E-state index < -0.39 is 0 Å². The molecule has 4 heteroatoms. The fourth-order valence-corrected chi connectivity index (χ4v) is 3.82. The Labute approximate surface area is 152 Å². The number of aryl methyl sites for hydroxylation is 1. The molecule has 2 aliphatic rings. The predicted octanol–water partition coefficient (Wildman–Crippen LogP) is 3.52. The largest absolute Gasteiger partial charge is 0.338 e. The first-order valence-electron chi connectivity index (χ1n) is 9.97. The van der Waals surface area contributed by atoms with Crippen LogP contribution in [0.4, 0.5) is 4.79 Å². The predicted molar refractivity (Wildman–Crippen MR) is 103 cm³/mol. The summed E-state index contributed by atoms with van der Waals surface area (Å²) in [7, 11) is 0. The number of rotatable bonds is 7. The van der Waals surface area contributed by atoms with Crippen molar-refractivity contribution in [3.05, 3.63) is 35.9 Å². The Morgan fingerprint density at radius 2 is 1.92 bits per heavy atom. The van der Waals surface area contributed by atoms with Crippen LogP contribution in [-0.4, -0.2) is 54.1 Å². The number of hydrogen-bond acceptors (Lipinski definition) is 2. The number of nitrogens with zero attached hydrogens (tertiary/aromatic N) is 2. The van der Waals surface area contributed by atoms with E-state index >= 15 is 0 Å². The third kappa shape index (κ3) is 5.21. The highest BCUT2D eigenvalue weighted by Gasteiger charge is 2.38. The van der Waals surface area contributed by atoms with Gasteiger partial charge in [-0.05, 0) is 43.6 Å². The molecule has 1 saturated heterocycles. The molecule has 1 aliphatic heterocycles. The summed E-state index contributed by atoms with van der Waals surface area (Å²) >= 11 is 0. The van der Waals surface area contributed by atoms with Gasteiger partial charge in [-0.2, -0.15) is 0 Å². The molecular weight excluding hydrogens is 310 g/mol. The normalized spacial score (nSPS) is 21.6. The van der Waals surface area contributed by atoms with Gasteiger partial charge in [-0.1, -0.05) is 44.2 Å². The van der Waals surface area contributed by atoms with Crippen molar-refractivity contribution in [3.63, 3.8) is 0 Å². The monoisotopic (exact) mass is 343 g/mol. The van der Waals surface area contributed by atoms with E-state index in [1.165, 1.54) is 18.4 Å². The average Bonchev–Trinajstić information content (AvgIpc) is 3.47. The lowest BCUT2D eigenvalue weighted by atomic mass is 9.99. The zero-order valence-corrected chi connectivity index (χ0v) is 15.8. The molecule has 1 aliphatic carbocycles. The van der Waals surface area contributed by atoms with Crippen molar-refractivity contribution in [2.24, 2.45) is 5.92 Å². The minimum Gasteiger partial charge on any atom is -0.338 e. The van der Waals surface area contributed by atoms with Crippen LogP contribution in [0.25, 0.3) is 0 Å². The Morgan fingerprint density at radius 3 is 2.60 bits per heavy atom. The molecule has 2 fully saturated rings. The highest BCUT2D eigenvalue weighted by Crippen LogP contribution is 2.30.